The van der Waals surface area contributed by atoms with Crippen molar-refractivity contribution in [3.63, 3.8) is 0 Å². The van der Waals surface area contributed by atoms with Crippen molar-refractivity contribution in [2.75, 3.05) is 19.6 Å². The highest BCUT2D eigenvalue weighted by Gasteiger charge is 2.19. The summed E-state index contributed by atoms with van der Waals surface area (Å²) in [6.07, 6.45) is 1.24. The number of Topliss-reactive ketones (excluding diaryl/α,β-unsaturated/α-hetero) is 1. The second kappa shape index (κ2) is 4.15. The van der Waals surface area contributed by atoms with Crippen molar-refractivity contribution in [2.24, 2.45) is 0 Å². The number of carbonyl (C=O) groups excluding carboxylic acids is 1. The van der Waals surface area contributed by atoms with Crippen molar-refractivity contribution in [1.82, 2.24) is 4.90 Å². The summed E-state index contributed by atoms with van der Waals surface area (Å²) in [5, 5.41) is 0. The van der Waals surface area contributed by atoms with Gasteiger partial charge >= 0.3 is 0 Å². The van der Waals surface area contributed by atoms with Crippen molar-refractivity contribution in [1.29, 1.82) is 0 Å². The maximum absolute atomic E-state index is 12.0. The zero-order valence-corrected chi connectivity index (χ0v) is 9.42. The summed E-state index contributed by atoms with van der Waals surface area (Å²) in [6, 6.07) is 5.95. The molecule has 2 nitrogen and oxygen atoms in total. The number of benzene rings is 1. The van der Waals surface area contributed by atoms with Gasteiger partial charge in [-0.2, -0.15) is 0 Å². The van der Waals surface area contributed by atoms with E-state index in [1.807, 2.05) is 19.1 Å². The van der Waals surface area contributed by atoms with Gasteiger partial charge in [-0.25, -0.2) is 0 Å². The van der Waals surface area contributed by atoms with E-state index in [1.54, 1.807) is 0 Å². The maximum atomic E-state index is 12.0. The average molecular weight is 203 g/mol. The fourth-order valence-electron chi connectivity index (χ4n) is 1.88. The fraction of sp³-hybridized carbons (Fsp3) is 0.462. The summed E-state index contributed by atoms with van der Waals surface area (Å²) in [4.78, 5) is 14.2. The van der Waals surface area contributed by atoms with Crippen LogP contribution in [0.5, 0.6) is 0 Å². The molecule has 15 heavy (non-hydrogen) atoms. The molecule has 0 unspecified atom stereocenters. The van der Waals surface area contributed by atoms with Crippen molar-refractivity contribution < 1.29 is 4.79 Å². The van der Waals surface area contributed by atoms with E-state index in [1.165, 1.54) is 12.0 Å². The Morgan fingerprint density at radius 2 is 2.07 bits per heavy atom. The number of likely N-dealkylation sites (tertiary alicyclic amines) is 1. The molecule has 1 fully saturated rings. The molecule has 2 rings (SSSR count). The number of carbonyl (C=O) groups is 1. The molecule has 1 aromatic carbocycles. The van der Waals surface area contributed by atoms with Gasteiger partial charge in [-0.05, 0) is 44.5 Å². The Kier molecular flexibility index (Phi) is 2.87. The van der Waals surface area contributed by atoms with E-state index in [0.717, 1.165) is 24.2 Å². The number of rotatable bonds is 3. The topological polar surface area (TPSA) is 20.3 Å². The van der Waals surface area contributed by atoms with Crippen LogP contribution in [0.2, 0.25) is 0 Å². The van der Waals surface area contributed by atoms with Crippen LogP contribution in [0.1, 0.15) is 27.9 Å². The van der Waals surface area contributed by atoms with Gasteiger partial charge in [-0.15, -0.1) is 0 Å². The highest BCUT2D eigenvalue weighted by molar-refractivity contribution is 5.99. The van der Waals surface area contributed by atoms with Crippen LogP contribution in [-0.4, -0.2) is 30.3 Å². The molecule has 0 bridgehead atoms. The number of nitrogens with zero attached hydrogens (tertiary/aromatic N) is 1. The van der Waals surface area contributed by atoms with E-state index in [9.17, 15) is 4.79 Å². The van der Waals surface area contributed by atoms with Gasteiger partial charge in [-0.1, -0.05) is 18.2 Å². The third-order valence-corrected chi connectivity index (χ3v) is 3.22. The Bertz CT molecular complexity index is 380. The molecule has 0 atom stereocenters. The summed E-state index contributed by atoms with van der Waals surface area (Å²) < 4.78 is 0. The first-order valence-electron chi connectivity index (χ1n) is 5.50. The van der Waals surface area contributed by atoms with Crippen LogP contribution in [0, 0.1) is 13.8 Å². The Labute approximate surface area is 90.9 Å². The predicted octanol–water partition coefficient (Wildman–Crippen LogP) is 2.19. The Morgan fingerprint density at radius 1 is 1.33 bits per heavy atom. The molecule has 2 heteroatoms. The molecular weight excluding hydrogens is 186 g/mol. The van der Waals surface area contributed by atoms with E-state index in [0.29, 0.717) is 6.54 Å². The molecule has 0 amide bonds. The minimum absolute atomic E-state index is 0.260. The van der Waals surface area contributed by atoms with Crippen molar-refractivity contribution in [2.45, 2.75) is 20.3 Å². The first-order chi connectivity index (χ1) is 7.18. The van der Waals surface area contributed by atoms with E-state index in [4.69, 9.17) is 0 Å². The lowest BCUT2D eigenvalue weighted by molar-refractivity contribution is 0.0874. The number of ketones is 1. The van der Waals surface area contributed by atoms with Crippen LogP contribution >= 0.6 is 0 Å². The van der Waals surface area contributed by atoms with Gasteiger partial charge in [0.1, 0.15) is 0 Å². The highest BCUT2D eigenvalue weighted by atomic mass is 16.1. The standard InChI is InChI=1S/C13H17NO/c1-10-5-3-6-12(11(10)2)13(15)9-14-7-4-8-14/h3,5-6H,4,7-9H2,1-2H3. The summed E-state index contributed by atoms with van der Waals surface area (Å²) in [6.45, 7) is 6.83. The normalized spacial score (nSPS) is 16.1. The second-order valence-corrected chi connectivity index (χ2v) is 4.30. The first-order valence-corrected chi connectivity index (χ1v) is 5.50. The van der Waals surface area contributed by atoms with Gasteiger partial charge in [0, 0.05) is 5.56 Å². The van der Waals surface area contributed by atoms with Gasteiger partial charge in [-0.3, -0.25) is 9.69 Å². The van der Waals surface area contributed by atoms with E-state index >= 15 is 0 Å². The summed E-state index contributed by atoms with van der Waals surface area (Å²) in [7, 11) is 0. The van der Waals surface area contributed by atoms with Crippen LogP contribution in [0.3, 0.4) is 0 Å². The van der Waals surface area contributed by atoms with Crippen LogP contribution < -0.4 is 0 Å². The molecule has 0 aromatic heterocycles. The average Bonchev–Trinajstić information content (AvgIpc) is 2.15. The third-order valence-electron chi connectivity index (χ3n) is 3.22. The lowest BCUT2D eigenvalue weighted by Gasteiger charge is -2.30. The summed E-state index contributed by atoms with van der Waals surface area (Å²) in [5.41, 5.74) is 3.22. The van der Waals surface area contributed by atoms with Crippen molar-refractivity contribution in [3.8, 4) is 0 Å². The Balaban J connectivity index is 2.13. The molecule has 0 aliphatic carbocycles. The van der Waals surface area contributed by atoms with Crippen LogP contribution in [0.4, 0.5) is 0 Å². The van der Waals surface area contributed by atoms with E-state index in [2.05, 4.69) is 17.9 Å². The predicted molar refractivity (Wildman–Crippen MR) is 61.3 cm³/mol. The molecule has 0 radical (unpaired) electrons. The molecule has 1 heterocycles. The van der Waals surface area contributed by atoms with Gasteiger partial charge < -0.3 is 0 Å². The molecule has 0 spiro atoms. The van der Waals surface area contributed by atoms with Gasteiger partial charge in [0.25, 0.3) is 0 Å². The minimum Gasteiger partial charge on any atom is -0.296 e. The van der Waals surface area contributed by atoms with Crippen molar-refractivity contribution in [3.05, 3.63) is 34.9 Å². The molecule has 0 N–H and O–H groups in total. The molecule has 1 aliphatic heterocycles. The molecule has 1 aliphatic rings. The third kappa shape index (κ3) is 2.10. The SMILES string of the molecule is Cc1cccc(C(=O)CN2CCC2)c1C. The number of aryl methyl sites for hydroxylation is 1. The summed E-state index contributed by atoms with van der Waals surface area (Å²) in [5.74, 6) is 0.260. The number of hydrogen-bond acceptors (Lipinski definition) is 2. The molecule has 1 aromatic rings. The van der Waals surface area contributed by atoms with Gasteiger partial charge in [0.2, 0.25) is 0 Å². The monoisotopic (exact) mass is 203 g/mol. The fourth-order valence-corrected chi connectivity index (χ4v) is 1.88. The van der Waals surface area contributed by atoms with Crippen LogP contribution in [0.25, 0.3) is 0 Å². The molecule has 1 saturated heterocycles. The lowest BCUT2D eigenvalue weighted by atomic mass is 9.99. The molecular formula is C13H17NO. The lowest BCUT2D eigenvalue weighted by Crippen LogP contribution is -2.40. The van der Waals surface area contributed by atoms with Crippen LogP contribution in [-0.2, 0) is 0 Å². The van der Waals surface area contributed by atoms with Crippen LogP contribution in [0.15, 0.2) is 18.2 Å². The summed E-state index contributed by atoms with van der Waals surface area (Å²) >= 11 is 0. The molecule has 80 valence electrons. The van der Waals surface area contributed by atoms with Crippen molar-refractivity contribution >= 4 is 5.78 Å². The largest absolute Gasteiger partial charge is 0.296 e. The van der Waals surface area contributed by atoms with E-state index < -0.39 is 0 Å². The highest BCUT2D eigenvalue weighted by Crippen LogP contribution is 2.15. The van der Waals surface area contributed by atoms with E-state index in [-0.39, 0.29) is 5.78 Å². The smallest absolute Gasteiger partial charge is 0.177 e. The maximum Gasteiger partial charge on any atom is 0.177 e. The Morgan fingerprint density at radius 3 is 2.67 bits per heavy atom. The number of hydrogen-bond donors (Lipinski definition) is 0. The zero-order valence-electron chi connectivity index (χ0n) is 9.42. The first kappa shape index (κ1) is 10.4. The van der Waals surface area contributed by atoms with Gasteiger partial charge in [0.05, 0.1) is 6.54 Å². The molecule has 0 saturated carbocycles. The minimum atomic E-state index is 0.260. The zero-order chi connectivity index (χ0) is 10.8. The Hall–Kier alpha value is -1.15. The van der Waals surface area contributed by atoms with Gasteiger partial charge in [0.15, 0.2) is 5.78 Å². The second-order valence-electron chi connectivity index (χ2n) is 4.30. The quantitative estimate of drug-likeness (QED) is 0.702.